The van der Waals surface area contributed by atoms with Crippen LogP contribution in [-0.2, 0) is 14.8 Å². The highest BCUT2D eigenvalue weighted by molar-refractivity contribution is 7.89. The molecule has 0 spiro atoms. The summed E-state index contributed by atoms with van der Waals surface area (Å²) in [6.45, 7) is 8.05. The molecule has 0 unspecified atom stereocenters. The first-order valence-electron chi connectivity index (χ1n) is 9.23. The van der Waals surface area contributed by atoms with Crippen molar-refractivity contribution in [2.45, 2.75) is 51.6 Å². The minimum atomic E-state index is -4.01. The summed E-state index contributed by atoms with van der Waals surface area (Å²) in [5.41, 5.74) is 0.793. The molecule has 11 heteroatoms. The van der Waals surface area contributed by atoms with Crippen LogP contribution in [0.4, 0.5) is 10.5 Å². The molecule has 0 saturated heterocycles. The van der Waals surface area contributed by atoms with Gasteiger partial charge in [0.05, 0.1) is 0 Å². The molecular weight excluding hydrogens is 412 g/mol. The van der Waals surface area contributed by atoms with E-state index in [1.165, 1.54) is 37.8 Å². The van der Waals surface area contributed by atoms with Crippen molar-refractivity contribution in [1.29, 1.82) is 0 Å². The van der Waals surface area contributed by atoms with E-state index < -0.39 is 22.0 Å². The molecule has 1 atom stereocenters. The summed E-state index contributed by atoms with van der Waals surface area (Å²) < 4.78 is 37.4. The predicted molar refractivity (Wildman–Crippen MR) is 110 cm³/mol. The Bertz CT molecular complexity index is 995. The molecular formula is C19H26N4O6S. The van der Waals surface area contributed by atoms with E-state index in [0.29, 0.717) is 5.69 Å². The summed E-state index contributed by atoms with van der Waals surface area (Å²) >= 11 is 0. The van der Waals surface area contributed by atoms with E-state index in [4.69, 9.17) is 9.26 Å². The van der Waals surface area contributed by atoms with Gasteiger partial charge in [-0.1, -0.05) is 5.16 Å². The van der Waals surface area contributed by atoms with Gasteiger partial charge in [-0.2, -0.15) is 4.72 Å². The van der Waals surface area contributed by atoms with Gasteiger partial charge in [-0.25, -0.2) is 18.0 Å². The Balaban J connectivity index is 2.03. The largest absolute Gasteiger partial charge is 0.425 e. The Morgan fingerprint density at radius 2 is 1.73 bits per heavy atom. The van der Waals surface area contributed by atoms with Crippen molar-refractivity contribution in [1.82, 2.24) is 15.2 Å². The Morgan fingerprint density at radius 1 is 1.13 bits per heavy atom. The first-order valence-corrected chi connectivity index (χ1v) is 10.7. The van der Waals surface area contributed by atoms with Crippen LogP contribution < -0.4 is 19.7 Å². The van der Waals surface area contributed by atoms with Crippen LogP contribution in [0.15, 0.2) is 33.7 Å². The lowest BCUT2D eigenvalue weighted by Gasteiger charge is -2.20. The molecule has 1 aromatic carbocycles. The molecule has 0 saturated carbocycles. The van der Waals surface area contributed by atoms with Crippen LogP contribution in [0.25, 0.3) is 0 Å². The van der Waals surface area contributed by atoms with E-state index >= 15 is 0 Å². The van der Waals surface area contributed by atoms with Crippen molar-refractivity contribution in [3.8, 4) is 5.75 Å². The average molecular weight is 439 g/mol. The highest BCUT2D eigenvalue weighted by Crippen LogP contribution is 2.21. The fourth-order valence-corrected chi connectivity index (χ4v) is 4.12. The molecule has 10 nitrogen and oxygen atoms in total. The first-order chi connectivity index (χ1) is 13.9. The highest BCUT2D eigenvalue weighted by Gasteiger charge is 2.29. The summed E-state index contributed by atoms with van der Waals surface area (Å²) in [5, 5.41) is 6.38. The number of ether oxygens (including phenoxy) is 1. The second-order valence-electron chi connectivity index (χ2n) is 7.07. The minimum absolute atomic E-state index is 0.00384. The normalized spacial score (nSPS) is 12.5. The van der Waals surface area contributed by atoms with Crippen molar-refractivity contribution in [2.75, 3.05) is 11.9 Å². The summed E-state index contributed by atoms with van der Waals surface area (Å²) in [4.78, 5) is 25.7. The van der Waals surface area contributed by atoms with Crippen molar-refractivity contribution < 1.29 is 27.3 Å². The number of sulfonamides is 1. The summed E-state index contributed by atoms with van der Waals surface area (Å²) in [6, 6.07) is 4.84. The number of urea groups is 1. The molecule has 0 aliphatic heterocycles. The van der Waals surface area contributed by atoms with Gasteiger partial charge in [0, 0.05) is 18.8 Å². The number of nitrogens with one attached hydrogen (secondary N) is 2. The minimum Gasteiger partial charge on any atom is -0.425 e. The predicted octanol–water partition coefficient (Wildman–Crippen LogP) is 2.12. The molecule has 1 aromatic heterocycles. The molecule has 2 N–H and O–H groups in total. The zero-order valence-electron chi connectivity index (χ0n) is 17.7. The topological polar surface area (TPSA) is 131 Å². The Hall–Kier alpha value is -2.92. The molecule has 0 bridgehead atoms. The monoisotopic (exact) mass is 438 g/mol. The van der Waals surface area contributed by atoms with E-state index in [-0.39, 0.29) is 34.2 Å². The van der Waals surface area contributed by atoms with Crippen LogP contribution in [0.3, 0.4) is 0 Å². The molecule has 2 rings (SSSR count). The number of carbonyl (C=O) groups excluding carboxylic acids is 2. The third-order valence-electron chi connectivity index (χ3n) is 4.08. The molecule has 0 aliphatic carbocycles. The Kier molecular flexibility index (Phi) is 7.21. The Labute approximate surface area is 175 Å². The number of carbonyl (C=O) groups is 2. The van der Waals surface area contributed by atoms with Gasteiger partial charge < -0.3 is 14.6 Å². The molecule has 2 aromatic rings. The van der Waals surface area contributed by atoms with Crippen LogP contribution in [0.5, 0.6) is 5.75 Å². The number of benzene rings is 1. The fourth-order valence-electron chi connectivity index (χ4n) is 2.60. The molecule has 0 fully saturated rings. The smallest absolute Gasteiger partial charge is 0.329 e. The highest BCUT2D eigenvalue weighted by atomic mass is 32.2. The SMILES string of the molecule is Cc1noc(C)c1S(=O)(=O)N[C@@H](C)C(=O)Oc1ccc(N(C)C(=O)NC(C)C)cc1. The summed E-state index contributed by atoms with van der Waals surface area (Å²) in [5.74, 6) is -0.449. The van der Waals surface area contributed by atoms with Crippen molar-refractivity contribution in [3.63, 3.8) is 0 Å². The lowest BCUT2D eigenvalue weighted by atomic mass is 10.3. The van der Waals surface area contributed by atoms with Gasteiger partial charge in [-0.15, -0.1) is 0 Å². The molecule has 0 radical (unpaired) electrons. The fraction of sp³-hybridized carbons (Fsp3) is 0.421. The molecule has 30 heavy (non-hydrogen) atoms. The second-order valence-corrected chi connectivity index (χ2v) is 8.73. The third kappa shape index (κ3) is 5.57. The number of amides is 2. The van der Waals surface area contributed by atoms with Gasteiger partial charge in [-0.05, 0) is 58.9 Å². The van der Waals surface area contributed by atoms with E-state index in [9.17, 15) is 18.0 Å². The van der Waals surface area contributed by atoms with Crippen LogP contribution in [0.1, 0.15) is 32.2 Å². The number of anilines is 1. The molecule has 0 aliphatic rings. The number of hydrogen-bond donors (Lipinski definition) is 2. The van der Waals surface area contributed by atoms with Crippen molar-refractivity contribution >= 4 is 27.7 Å². The second kappa shape index (κ2) is 9.26. The maximum atomic E-state index is 12.5. The molecule has 2 amide bonds. The van der Waals surface area contributed by atoms with E-state index in [1.807, 2.05) is 13.8 Å². The van der Waals surface area contributed by atoms with Crippen LogP contribution in [0.2, 0.25) is 0 Å². The maximum Gasteiger partial charge on any atom is 0.329 e. The zero-order valence-corrected chi connectivity index (χ0v) is 18.5. The van der Waals surface area contributed by atoms with E-state index in [1.54, 1.807) is 19.2 Å². The van der Waals surface area contributed by atoms with Gasteiger partial charge in [0.2, 0.25) is 10.0 Å². The number of aromatic nitrogens is 1. The van der Waals surface area contributed by atoms with E-state index in [2.05, 4.69) is 15.2 Å². The van der Waals surface area contributed by atoms with Crippen molar-refractivity contribution in [3.05, 3.63) is 35.7 Å². The first kappa shape index (κ1) is 23.4. The van der Waals surface area contributed by atoms with Crippen LogP contribution in [-0.4, -0.2) is 44.7 Å². The number of nitrogens with zero attached hydrogens (tertiary/aromatic N) is 2. The molecule has 164 valence electrons. The Morgan fingerprint density at radius 3 is 2.23 bits per heavy atom. The number of aryl methyl sites for hydroxylation is 2. The number of hydrogen-bond acceptors (Lipinski definition) is 7. The quantitative estimate of drug-likeness (QED) is 0.500. The third-order valence-corrected chi connectivity index (χ3v) is 5.87. The van der Waals surface area contributed by atoms with Gasteiger partial charge in [0.1, 0.15) is 22.4 Å². The number of esters is 1. The van der Waals surface area contributed by atoms with Gasteiger partial charge >= 0.3 is 12.0 Å². The van der Waals surface area contributed by atoms with Gasteiger partial charge in [0.15, 0.2) is 5.76 Å². The van der Waals surface area contributed by atoms with Gasteiger partial charge in [0.25, 0.3) is 0 Å². The lowest BCUT2D eigenvalue weighted by Crippen LogP contribution is -2.41. The number of rotatable bonds is 7. The lowest BCUT2D eigenvalue weighted by molar-refractivity contribution is -0.135. The average Bonchev–Trinajstić information content (AvgIpc) is 2.99. The van der Waals surface area contributed by atoms with E-state index in [0.717, 1.165) is 0 Å². The maximum absolute atomic E-state index is 12.5. The van der Waals surface area contributed by atoms with Gasteiger partial charge in [-0.3, -0.25) is 4.90 Å². The molecule has 1 heterocycles. The van der Waals surface area contributed by atoms with Crippen LogP contribution in [0, 0.1) is 13.8 Å². The summed E-state index contributed by atoms with van der Waals surface area (Å²) in [7, 11) is -2.40. The van der Waals surface area contributed by atoms with Crippen molar-refractivity contribution in [2.24, 2.45) is 0 Å². The summed E-state index contributed by atoms with van der Waals surface area (Å²) in [6.07, 6.45) is 0. The van der Waals surface area contributed by atoms with Crippen LogP contribution >= 0.6 is 0 Å². The zero-order chi connectivity index (χ0) is 22.6. The standard InChI is InChI=1S/C19H26N4O6S/c1-11(2)20-19(25)23(6)15-7-9-16(10-8-15)28-18(24)13(4)22-30(26,27)17-12(3)21-29-14(17)5/h7-11,13,22H,1-6H3,(H,20,25)/t13-/m0/s1.